The molecule has 0 radical (unpaired) electrons. The van der Waals surface area contributed by atoms with E-state index in [4.69, 9.17) is 0 Å². The minimum atomic E-state index is 0.328. The van der Waals surface area contributed by atoms with Crippen LogP contribution < -0.4 is 5.32 Å². The molecule has 1 aromatic heterocycles. The zero-order valence-corrected chi connectivity index (χ0v) is 11.5. The average Bonchev–Trinajstić information content (AvgIpc) is 3.07. The van der Waals surface area contributed by atoms with Gasteiger partial charge >= 0.3 is 0 Å². The van der Waals surface area contributed by atoms with E-state index < -0.39 is 0 Å². The highest BCUT2D eigenvalue weighted by molar-refractivity contribution is 5.30. The molecule has 19 heavy (non-hydrogen) atoms. The quantitative estimate of drug-likeness (QED) is 0.908. The van der Waals surface area contributed by atoms with Gasteiger partial charge in [0.05, 0.1) is 11.9 Å². The van der Waals surface area contributed by atoms with Gasteiger partial charge in [0, 0.05) is 23.8 Å². The molecule has 0 amide bonds. The lowest BCUT2D eigenvalue weighted by molar-refractivity contribution is 0.363. The van der Waals surface area contributed by atoms with Crippen LogP contribution >= 0.6 is 0 Å². The maximum Gasteiger partial charge on any atom is 0.0645 e. The van der Waals surface area contributed by atoms with Crippen molar-refractivity contribution >= 4 is 0 Å². The Hall–Kier alpha value is -1.61. The van der Waals surface area contributed by atoms with Gasteiger partial charge < -0.3 is 5.32 Å². The van der Waals surface area contributed by atoms with Crippen molar-refractivity contribution in [3.8, 4) is 5.69 Å². The van der Waals surface area contributed by atoms with E-state index in [9.17, 15) is 0 Å². The van der Waals surface area contributed by atoms with Crippen molar-refractivity contribution in [1.29, 1.82) is 0 Å². The minimum absolute atomic E-state index is 0.328. The van der Waals surface area contributed by atoms with E-state index in [1.165, 1.54) is 31.2 Å². The zero-order chi connectivity index (χ0) is 13.1. The summed E-state index contributed by atoms with van der Waals surface area (Å²) in [5, 5.41) is 8.12. The largest absolute Gasteiger partial charge is 0.307 e. The van der Waals surface area contributed by atoms with Crippen molar-refractivity contribution in [2.45, 2.75) is 44.7 Å². The lowest BCUT2D eigenvalue weighted by Crippen LogP contribution is -2.38. The summed E-state index contributed by atoms with van der Waals surface area (Å²) in [5.74, 6) is 0. The molecule has 3 nitrogen and oxygen atoms in total. The zero-order valence-electron chi connectivity index (χ0n) is 11.5. The summed E-state index contributed by atoms with van der Waals surface area (Å²) in [6, 6.07) is 10.2. The highest BCUT2D eigenvalue weighted by atomic mass is 15.3. The average molecular weight is 255 g/mol. The molecule has 0 atom stereocenters. The summed E-state index contributed by atoms with van der Waals surface area (Å²) < 4.78 is 1.94. The molecule has 0 aliphatic heterocycles. The van der Waals surface area contributed by atoms with Gasteiger partial charge in [0.1, 0.15) is 0 Å². The van der Waals surface area contributed by atoms with Crippen LogP contribution in [0, 0.1) is 0 Å². The fourth-order valence-electron chi connectivity index (χ4n) is 2.82. The summed E-state index contributed by atoms with van der Waals surface area (Å²) in [7, 11) is 0. The SMILES string of the molecule is CC1(NCc2cnn(-c3ccccc3)c2)CCCC1. The van der Waals surface area contributed by atoms with Crippen LogP contribution in [0.2, 0.25) is 0 Å². The number of aromatic nitrogens is 2. The third-order valence-corrected chi connectivity index (χ3v) is 4.08. The molecule has 1 aromatic carbocycles. The predicted molar refractivity (Wildman–Crippen MR) is 77.3 cm³/mol. The van der Waals surface area contributed by atoms with Crippen LogP contribution in [-0.2, 0) is 6.54 Å². The normalized spacial score (nSPS) is 17.7. The van der Waals surface area contributed by atoms with Gasteiger partial charge in [-0.1, -0.05) is 31.0 Å². The summed E-state index contributed by atoms with van der Waals surface area (Å²) in [4.78, 5) is 0. The van der Waals surface area contributed by atoms with E-state index in [-0.39, 0.29) is 0 Å². The van der Waals surface area contributed by atoms with Crippen molar-refractivity contribution < 1.29 is 0 Å². The second-order valence-corrected chi connectivity index (χ2v) is 5.75. The van der Waals surface area contributed by atoms with E-state index in [1.54, 1.807) is 0 Å². The molecule has 1 aliphatic carbocycles. The Labute approximate surface area is 114 Å². The number of nitrogens with zero attached hydrogens (tertiary/aromatic N) is 2. The first-order chi connectivity index (χ1) is 9.25. The van der Waals surface area contributed by atoms with Crippen LogP contribution in [0.4, 0.5) is 0 Å². The van der Waals surface area contributed by atoms with Crippen molar-refractivity contribution in [2.24, 2.45) is 0 Å². The molecule has 1 fully saturated rings. The van der Waals surface area contributed by atoms with E-state index >= 15 is 0 Å². The number of nitrogens with one attached hydrogen (secondary N) is 1. The summed E-state index contributed by atoms with van der Waals surface area (Å²) in [6.45, 7) is 3.24. The Kier molecular flexibility index (Phi) is 3.38. The van der Waals surface area contributed by atoms with Gasteiger partial charge in [-0.2, -0.15) is 5.10 Å². The lowest BCUT2D eigenvalue weighted by atomic mass is 10.0. The molecule has 3 heteroatoms. The summed E-state index contributed by atoms with van der Waals surface area (Å²) in [6.07, 6.45) is 9.36. The number of rotatable bonds is 4. The Morgan fingerprint density at radius 2 is 1.95 bits per heavy atom. The molecule has 1 aliphatic rings. The monoisotopic (exact) mass is 255 g/mol. The Balaban J connectivity index is 1.65. The van der Waals surface area contributed by atoms with E-state index in [1.807, 2.05) is 29.1 Å². The van der Waals surface area contributed by atoms with Gasteiger partial charge in [-0.25, -0.2) is 4.68 Å². The summed E-state index contributed by atoms with van der Waals surface area (Å²) >= 11 is 0. The fraction of sp³-hybridized carbons (Fsp3) is 0.438. The Morgan fingerprint density at radius 3 is 2.68 bits per heavy atom. The number of hydrogen-bond donors (Lipinski definition) is 1. The number of benzene rings is 1. The summed E-state index contributed by atoms with van der Waals surface area (Å²) in [5.41, 5.74) is 2.69. The van der Waals surface area contributed by atoms with Gasteiger partial charge in [0.15, 0.2) is 0 Å². The lowest BCUT2D eigenvalue weighted by Gasteiger charge is -2.24. The van der Waals surface area contributed by atoms with Crippen LogP contribution in [0.3, 0.4) is 0 Å². The van der Waals surface area contributed by atoms with E-state index in [0.717, 1.165) is 12.2 Å². The molecule has 2 aromatic rings. The molecule has 0 spiro atoms. The maximum atomic E-state index is 4.43. The molecular formula is C16H21N3. The Bertz CT molecular complexity index is 524. The molecule has 0 bridgehead atoms. The second-order valence-electron chi connectivity index (χ2n) is 5.75. The molecule has 1 heterocycles. The van der Waals surface area contributed by atoms with Crippen molar-refractivity contribution in [3.63, 3.8) is 0 Å². The topological polar surface area (TPSA) is 29.9 Å². The third-order valence-electron chi connectivity index (χ3n) is 4.08. The molecule has 1 saturated carbocycles. The highest BCUT2D eigenvalue weighted by Crippen LogP contribution is 2.29. The Morgan fingerprint density at radius 1 is 1.21 bits per heavy atom. The van der Waals surface area contributed by atoms with Crippen LogP contribution in [0.15, 0.2) is 42.7 Å². The van der Waals surface area contributed by atoms with Crippen LogP contribution in [0.1, 0.15) is 38.2 Å². The molecule has 0 unspecified atom stereocenters. The van der Waals surface area contributed by atoms with Crippen molar-refractivity contribution in [3.05, 3.63) is 48.3 Å². The molecule has 0 saturated heterocycles. The predicted octanol–water partition coefficient (Wildman–Crippen LogP) is 3.29. The van der Waals surface area contributed by atoms with Gasteiger partial charge in [-0.05, 0) is 31.9 Å². The number of hydrogen-bond acceptors (Lipinski definition) is 2. The van der Waals surface area contributed by atoms with Crippen LogP contribution in [0.25, 0.3) is 5.69 Å². The first-order valence-electron chi connectivity index (χ1n) is 7.09. The molecular weight excluding hydrogens is 234 g/mol. The third kappa shape index (κ3) is 2.87. The van der Waals surface area contributed by atoms with E-state index in [0.29, 0.717) is 5.54 Å². The van der Waals surface area contributed by atoms with Crippen LogP contribution in [-0.4, -0.2) is 15.3 Å². The smallest absolute Gasteiger partial charge is 0.0645 e. The standard InChI is InChI=1S/C16H21N3/c1-16(9-5-6-10-16)17-11-14-12-18-19(13-14)15-7-3-2-4-8-15/h2-4,7-8,12-13,17H,5-6,9-11H2,1H3. The molecule has 3 rings (SSSR count). The van der Waals surface area contributed by atoms with E-state index in [2.05, 4.69) is 35.7 Å². The van der Waals surface area contributed by atoms with Crippen molar-refractivity contribution in [2.75, 3.05) is 0 Å². The van der Waals surface area contributed by atoms with Gasteiger partial charge in [0.2, 0.25) is 0 Å². The van der Waals surface area contributed by atoms with Gasteiger partial charge in [0.25, 0.3) is 0 Å². The molecule has 1 N–H and O–H groups in total. The fourth-order valence-corrected chi connectivity index (χ4v) is 2.82. The van der Waals surface area contributed by atoms with Crippen LogP contribution in [0.5, 0.6) is 0 Å². The van der Waals surface area contributed by atoms with Crippen molar-refractivity contribution in [1.82, 2.24) is 15.1 Å². The van der Waals surface area contributed by atoms with Gasteiger partial charge in [-0.3, -0.25) is 0 Å². The number of para-hydroxylation sites is 1. The second kappa shape index (κ2) is 5.17. The first kappa shape index (κ1) is 12.4. The first-order valence-corrected chi connectivity index (χ1v) is 7.09. The highest BCUT2D eigenvalue weighted by Gasteiger charge is 2.27. The van der Waals surface area contributed by atoms with Gasteiger partial charge in [-0.15, -0.1) is 0 Å². The minimum Gasteiger partial charge on any atom is -0.307 e. The molecule has 100 valence electrons. The maximum absolute atomic E-state index is 4.43.